The third kappa shape index (κ3) is 7.66. The van der Waals surface area contributed by atoms with Gasteiger partial charge in [0.05, 0.1) is 6.10 Å². The predicted molar refractivity (Wildman–Crippen MR) is 101 cm³/mol. The number of hydrogen-bond acceptors (Lipinski definition) is 2. The van der Waals surface area contributed by atoms with E-state index in [0.29, 0.717) is 0 Å². The molecular weight excluding hydrogens is 377 g/mol. The van der Waals surface area contributed by atoms with E-state index < -0.39 is 0 Å². The summed E-state index contributed by atoms with van der Waals surface area (Å²) in [5.41, 5.74) is 1.22. The molecule has 0 N–H and O–H groups in total. The molecule has 0 heterocycles. The van der Waals surface area contributed by atoms with Gasteiger partial charge in [-0.25, -0.2) is 0 Å². The Morgan fingerprint density at radius 1 is 1.10 bits per heavy atom. The van der Waals surface area contributed by atoms with Crippen LogP contribution >= 0.6 is 24.0 Å². The Morgan fingerprint density at radius 3 is 2.19 bits per heavy atom. The minimum atomic E-state index is 0. The molecule has 1 aromatic rings. The number of ether oxygens (including phenoxy) is 1. The maximum absolute atomic E-state index is 5.83. The molecule has 0 aromatic heterocycles. The zero-order valence-corrected chi connectivity index (χ0v) is 16.1. The summed E-state index contributed by atoms with van der Waals surface area (Å²) >= 11 is 0. The number of guanidine groups is 1. The van der Waals surface area contributed by atoms with E-state index in [9.17, 15) is 0 Å². The van der Waals surface area contributed by atoms with Crippen molar-refractivity contribution in [2.45, 2.75) is 19.4 Å². The Bertz CT molecular complexity index is 397. The van der Waals surface area contributed by atoms with Crippen LogP contribution in [0.3, 0.4) is 0 Å². The quantitative estimate of drug-likeness (QED) is 0.315. The molecule has 0 aliphatic carbocycles. The van der Waals surface area contributed by atoms with Crippen molar-refractivity contribution in [3.05, 3.63) is 35.9 Å². The van der Waals surface area contributed by atoms with Crippen molar-refractivity contribution in [3.8, 4) is 0 Å². The first-order valence-electron chi connectivity index (χ1n) is 7.08. The fourth-order valence-corrected chi connectivity index (χ4v) is 2.01. The fraction of sp³-hybridized carbons (Fsp3) is 0.562. The molecule has 0 spiro atoms. The molecule has 0 bridgehead atoms. The molecule has 0 saturated heterocycles. The minimum Gasteiger partial charge on any atom is -0.374 e. The normalized spacial score (nSPS) is 11.3. The SMILES string of the molecule is CC(OCCCN=C(N(C)C)N(C)C)c1ccccc1.I. The molecule has 0 saturated carbocycles. The lowest BCUT2D eigenvalue weighted by molar-refractivity contribution is 0.0651. The van der Waals surface area contributed by atoms with Crippen LogP contribution in [-0.4, -0.2) is 57.1 Å². The van der Waals surface area contributed by atoms with Crippen molar-refractivity contribution in [1.29, 1.82) is 0 Å². The van der Waals surface area contributed by atoms with Crippen LogP contribution in [0.15, 0.2) is 35.3 Å². The minimum absolute atomic E-state index is 0. The summed E-state index contributed by atoms with van der Waals surface area (Å²) in [5.74, 6) is 0.987. The first kappa shape index (κ1) is 20.2. The van der Waals surface area contributed by atoms with Gasteiger partial charge in [-0.05, 0) is 18.9 Å². The Labute approximate surface area is 146 Å². The van der Waals surface area contributed by atoms with Gasteiger partial charge in [0.1, 0.15) is 0 Å². The van der Waals surface area contributed by atoms with E-state index in [0.717, 1.165) is 25.5 Å². The highest BCUT2D eigenvalue weighted by atomic mass is 127. The second-order valence-electron chi connectivity index (χ2n) is 5.25. The summed E-state index contributed by atoms with van der Waals surface area (Å²) in [6.45, 7) is 3.60. The maximum Gasteiger partial charge on any atom is 0.195 e. The molecular formula is C16H28IN3O. The highest BCUT2D eigenvalue weighted by Crippen LogP contribution is 2.15. The van der Waals surface area contributed by atoms with Gasteiger partial charge in [-0.1, -0.05) is 30.3 Å². The Hall–Kier alpha value is -0.820. The van der Waals surface area contributed by atoms with Gasteiger partial charge in [0.2, 0.25) is 0 Å². The molecule has 21 heavy (non-hydrogen) atoms. The van der Waals surface area contributed by atoms with Crippen LogP contribution in [0.1, 0.15) is 25.0 Å². The van der Waals surface area contributed by atoms with Crippen molar-refractivity contribution >= 4 is 29.9 Å². The molecule has 4 nitrogen and oxygen atoms in total. The van der Waals surface area contributed by atoms with Gasteiger partial charge in [0.15, 0.2) is 5.96 Å². The molecule has 1 rings (SSSR count). The smallest absolute Gasteiger partial charge is 0.195 e. The first-order chi connectivity index (χ1) is 9.52. The Balaban J connectivity index is 0.00000400. The van der Waals surface area contributed by atoms with Gasteiger partial charge < -0.3 is 14.5 Å². The van der Waals surface area contributed by atoms with Gasteiger partial charge in [0, 0.05) is 41.3 Å². The van der Waals surface area contributed by atoms with E-state index in [2.05, 4.69) is 24.0 Å². The van der Waals surface area contributed by atoms with Crippen molar-refractivity contribution in [2.75, 3.05) is 41.3 Å². The molecule has 1 atom stereocenters. The summed E-state index contributed by atoms with van der Waals surface area (Å²) in [5, 5.41) is 0. The summed E-state index contributed by atoms with van der Waals surface area (Å²) in [7, 11) is 8.03. The monoisotopic (exact) mass is 405 g/mol. The highest BCUT2D eigenvalue weighted by molar-refractivity contribution is 14.0. The van der Waals surface area contributed by atoms with E-state index in [1.165, 1.54) is 5.56 Å². The molecule has 0 aliphatic heterocycles. The van der Waals surface area contributed by atoms with Gasteiger partial charge in [-0.2, -0.15) is 0 Å². The summed E-state index contributed by atoms with van der Waals surface area (Å²) in [6, 6.07) is 10.3. The van der Waals surface area contributed by atoms with Crippen LogP contribution in [0.4, 0.5) is 0 Å². The second-order valence-corrected chi connectivity index (χ2v) is 5.25. The van der Waals surface area contributed by atoms with Crippen molar-refractivity contribution in [3.63, 3.8) is 0 Å². The van der Waals surface area contributed by atoms with Crippen molar-refractivity contribution < 1.29 is 4.74 Å². The first-order valence-corrected chi connectivity index (χ1v) is 7.08. The third-order valence-corrected chi connectivity index (χ3v) is 2.99. The zero-order chi connectivity index (χ0) is 15.0. The standard InChI is InChI=1S/C16H27N3O.HI/c1-14(15-10-7-6-8-11-15)20-13-9-12-17-16(18(2)3)19(4)5;/h6-8,10-11,14H,9,12-13H2,1-5H3;1H. The third-order valence-electron chi connectivity index (χ3n) is 2.99. The molecule has 0 amide bonds. The number of nitrogens with zero attached hydrogens (tertiary/aromatic N) is 3. The topological polar surface area (TPSA) is 28.1 Å². The number of rotatable bonds is 6. The van der Waals surface area contributed by atoms with Crippen LogP contribution in [0, 0.1) is 0 Å². The molecule has 1 aromatic carbocycles. The molecule has 120 valence electrons. The fourth-order valence-electron chi connectivity index (χ4n) is 2.01. The number of benzene rings is 1. The second kappa shape index (κ2) is 10.8. The Kier molecular flexibility index (Phi) is 10.4. The van der Waals surface area contributed by atoms with Crippen molar-refractivity contribution in [1.82, 2.24) is 9.80 Å². The van der Waals surface area contributed by atoms with Gasteiger partial charge in [-0.3, -0.25) is 4.99 Å². The summed E-state index contributed by atoms with van der Waals surface area (Å²) in [6.07, 6.45) is 1.07. The van der Waals surface area contributed by atoms with E-state index >= 15 is 0 Å². The summed E-state index contributed by atoms with van der Waals surface area (Å²) < 4.78 is 5.83. The summed E-state index contributed by atoms with van der Waals surface area (Å²) in [4.78, 5) is 8.62. The van der Waals surface area contributed by atoms with Gasteiger partial charge in [0.25, 0.3) is 0 Å². The average molecular weight is 405 g/mol. The Morgan fingerprint density at radius 2 is 1.67 bits per heavy atom. The number of halogens is 1. The van der Waals surface area contributed by atoms with E-state index in [1.54, 1.807) is 0 Å². The maximum atomic E-state index is 5.83. The van der Waals surface area contributed by atoms with Crippen LogP contribution in [0.2, 0.25) is 0 Å². The van der Waals surface area contributed by atoms with Gasteiger partial charge in [-0.15, -0.1) is 24.0 Å². The lowest BCUT2D eigenvalue weighted by Crippen LogP contribution is -2.35. The molecule has 0 aliphatic rings. The van der Waals surface area contributed by atoms with E-state index in [1.807, 2.05) is 56.2 Å². The molecule has 0 fully saturated rings. The number of hydrogen-bond donors (Lipinski definition) is 0. The average Bonchev–Trinajstić information content (AvgIpc) is 2.42. The lowest BCUT2D eigenvalue weighted by atomic mass is 10.1. The largest absolute Gasteiger partial charge is 0.374 e. The van der Waals surface area contributed by atoms with Gasteiger partial charge >= 0.3 is 0 Å². The van der Waals surface area contributed by atoms with Crippen LogP contribution in [0.25, 0.3) is 0 Å². The van der Waals surface area contributed by atoms with E-state index in [-0.39, 0.29) is 30.1 Å². The predicted octanol–water partition coefficient (Wildman–Crippen LogP) is 3.25. The van der Waals surface area contributed by atoms with Crippen LogP contribution in [0.5, 0.6) is 0 Å². The molecule has 5 heteroatoms. The zero-order valence-electron chi connectivity index (χ0n) is 13.7. The molecule has 0 radical (unpaired) electrons. The number of aliphatic imine (C=N–C) groups is 1. The van der Waals surface area contributed by atoms with Crippen molar-refractivity contribution in [2.24, 2.45) is 4.99 Å². The van der Waals surface area contributed by atoms with E-state index in [4.69, 9.17) is 4.74 Å². The lowest BCUT2D eigenvalue weighted by Gasteiger charge is -2.22. The van der Waals surface area contributed by atoms with Crippen LogP contribution < -0.4 is 0 Å². The van der Waals surface area contributed by atoms with Crippen LogP contribution in [-0.2, 0) is 4.74 Å². The molecule has 1 unspecified atom stereocenters. The highest BCUT2D eigenvalue weighted by Gasteiger charge is 2.05.